The molecule has 1 aliphatic rings. The summed E-state index contributed by atoms with van der Waals surface area (Å²) in [5.41, 5.74) is -0.592. The summed E-state index contributed by atoms with van der Waals surface area (Å²) in [6, 6.07) is 0. The molecule has 3 N–H and O–H groups in total. The van der Waals surface area contributed by atoms with E-state index in [0.29, 0.717) is 12.5 Å². The number of halogens is 1. The second-order valence-electron chi connectivity index (χ2n) is 5.00. The third-order valence-electron chi connectivity index (χ3n) is 2.64. The predicted octanol–water partition coefficient (Wildman–Crippen LogP) is 1.68. The molecule has 4 nitrogen and oxygen atoms in total. The minimum absolute atomic E-state index is 0. The molecule has 0 amide bonds. The Balaban J connectivity index is 0.00000289. The normalized spacial score (nSPS) is 23.9. The van der Waals surface area contributed by atoms with Crippen molar-refractivity contribution in [3.8, 4) is 0 Å². The number of aliphatic imine (C=N–C) groups is 1. The van der Waals surface area contributed by atoms with Crippen molar-refractivity contribution in [2.24, 2.45) is 10.9 Å². The number of aliphatic hydroxyl groups is 1. The van der Waals surface area contributed by atoms with Crippen molar-refractivity contribution < 1.29 is 5.11 Å². The Morgan fingerprint density at radius 1 is 1.44 bits per heavy atom. The van der Waals surface area contributed by atoms with Crippen LogP contribution in [0.1, 0.15) is 27.2 Å². The molecule has 1 fully saturated rings. The lowest BCUT2D eigenvalue weighted by Crippen LogP contribution is -2.41. The molecular formula is C12H26IN3OS. The van der Waals surface area contributed by atoms with E-state index in [-0.39, 0.29) is 24.0 Å². The van der Waals surface area contributed by atoms with E-state index >= 15 is 0 Å². The zero-order valence-corrected chi connectivity index (χ0v) is 14.7. The van der Waals surface area contributed by atoms with Gasteiger partial charge in [0.25, 0.3) is 0 Å². The SMILES string of the molecule is CCNC(=NCC1(O)CCSC1)NCC(C)C.I. The van der Waals surface area contributed by atoms with Gasteiger partial charge < -0.3 is 15.7 Å². The van der Waals surface area contributed by atoms with E-state index in [9.17, 15) is 5.11 Å². The lowest BCUT2D eigenvalue weighted by molar-refractivity contribution is 0.0778. The smallest absolute Gasteiger partial charge is 0.191 e. The first-order valence-corrected chi connectivity index (χ1v) is 7.53. The van der Waals surface area contributed by atoms with Crippen LogP contribution in [0.4, 0.5) is 0 Å². The molecular weight excluding hydrogens is 361 g/mol. The van der Waals surface area contributed by atoms with Crippen LogP contribution in [0.2, 0.25) is 0 Å². The monoisotopic (exact) mass is 387 g/mol. The summed E-state index contributed by atoms with van der Waals surface area (Å²) in [6.07, 6.45) is 0.852. The van der Waals surface area contributed by atoms with Crippen molar-refractivity contribution in [2.75, 3.05) is 31.1 Å². The maximum atomic E-state index is 10.2. The van der Waals surface area contributed by atoms with Gasteiger partial charge in [0, 0.05) is 18.8 Å². The van der Waals surface area contributed by atoms with Crippen LogP contribution in [0.3, 0.4) is 0 Å². The van der Waals surface area contributed by atoms with Gasteiger partial charge in [-0.25, -0.2) is 0 Å². The maximum Gasteiger partial charge on any atom is 0.191 e. The third kappa shape index (κ3) is 7.04. The van der Waals surface area contributed by atoms with E-state index < -0.39 is 5.60 Å². The van der Waals surface area contributed by atoms with E-state index in [2.05, 4.69) is 29.5 Å². The second kappa shape index (κ2) is 9.25. The van der Waals surface area contributed by atoms with Gasteiger partial charge in [-0.2, -0.15) is 11.8 Å². The largest absolute Gasteiger partial charge is 0.387 e. The molecule has 6 heteroatoms. The number of nitrogens with zero attached hydrogens (tertiary/aromatic N) is 1. The molecule has 1 atom stereocenters. The Labute approximate surface area is 132 Å². The molecule has 0 aliphatic carbocycles. The van der Waals surface area contributed by atoms with E-state index in [1.54, 1.807) is 11.8 Å². The van der Waals surface area contributed by atoms with Crippen molar-refractivity contribution in [3.05, 3.63) is 0 Å². The molecule has 0 aromatic carbocycles. The summed E-state index contributed by atoms with van der Waals surface area (Å²) >= 11 is 1.80. The van der Waals surface area contributed by atoms with Crippen molar-refractivity contribution in [1.82, 2.24) is 10.6 Å². The molecule has 0 saturated carbocycles. The summed E-state index contributed by atoms with van der Waals surface area (Å²) in [6.45, 7) is 8.62. The van der Waals surface area contributed by atoms with Crippen LogP contribution in [0.25, 0.3) is 0 Å². The highest BCUT2D eigenvalue weighted by atomic mass is 127. The summed E-state index contributed by atoms with van der Waals surface area (Å²) in [4.78, 5) is 4.47. The molecule has 108 valence electrons. The first kappa shape index (κ1) is 18.3. The lowest BCUT2D eigenvalue weighted by atomic mass is 10.1. The highest BCUT2D eigenvalue weighted by Crippen LogP contribution is 2.27. The van der Waals surface area contributed by atoms with E-state index in [0.717, 1.165) is 37.0 Å². The fraction of sp³-hybridized carbons (Fsp3) is 0.917. The maximum absolute atomic E-state index is 10.2. The molecule has 1 heterocycles. The molecule has 1 aliphatic heterocycles. The van der Waals surface area contributed by atoms with Gasteiger partial charge in [-0.3, -0.25) is 4.99 Å². The van der Waals surface area contributed by atoms with Crippen LogP contribution in [-0.2, 0) is 0 Å². The first-order valence-electron chi connectivity index (χ1n) is 6.38. The molecule has 0 bridgehead atoms. The summed E-state index contributed by atoms with van der Waals surface area (Å²) in [5, 5.41) is 16.7. The Kier molecular flexibility index (Phi) is 9.41. The zero-order valence-electron chi connectivity index (χ0n) is 11.5. The van der Waals surface area contributed by atoms with Gasteiger partial charge >= 0.3 is 0 Å². The van der Waals surface area contributed by atoms with Crippen LogP contribution < -0.4 is 10.6 Å². The molecule has 0 aromatic rings. The minimum Gasteiger partial charge on any atom is -0.387 e. The minimum atomic E-state index is -0.592. The second-order valence-corrected chi connectivity index (χ2v) is 6.10. The Bertz CT molecular complexity index is 256. The van der Waals surface area contributed by atoms with Crippen LogP contribution >= 0.6 is 35.7 Å². The summed E-state index contributed by atoms with van der Waals surface area (Å²) in [5.74, 6) is 3.25. The van der Waals surface area contributed by atoms with Crippen LogP contribution in [-0.4, -0.2) is 47.8 Å². The number of rotatable bonds is 5. The van der Waals surface area contributed by atoms with Gasteiger partial charge in [0.05, 0.1) is 12.1 Å². The molecule has 0 radical (unpaired) electrons. The van der Waals surface area contributed by atoms with Crippen LogP contribution in [0, 0.1) is 5.92 Å². The fourth-order valence-electron chi connectivity index (χ4n) is 1.59. The molecule has 18 heavy (non-hydrogen) atoms. The van der Waals surface area contributed by atoms with Gasteiger partial charge in [-0.15, -0.1) is 24.0 Å². The topological polar surface area (TPSA) is 56.7 Å². The Morgan fingerprint density at radius 2 is 2.17 bits per heavy atom. The molecule has 0 aromatic heterocycles. The average Bonchev–Trinajstić information content (AvgIpc) is 2.70. The van der Waals surface area contributed by atoms with Gasteiger partial charge in [-0.05, 0) is 25.0 Å². The van der Waals surface area contributed by atoms with E-state index in [1.165, 1.54) is 0 Å². The molecule has 1 saturated heterocycles. The average molecular weight is 387 g/mol. The van der Waals surface area contributed by atoms with Crippen molar-refractivity contribution in [2.45, 2.75) is 32.8 Å². The summed E-state index contributed by atoms with van der Waals surface area (Å²) < 4.78 is 0. The summed E-state index contributed by atoms with van der Waals surface area (Å²) in [7, 11) is 0. The Hall–Kier alpha value is 0.310. The van der Waals surface area contributed by atoms with Crippen molar-refractivity contribution in [1.29, 1.82) is 0 Å². The van der Waals surface area contributed by atoms with Gasteiger partial charge in [0.2, 0.25) is 0 Å². The fourth-order valence-corrected chi connectivity index (χ4v) is 2.87. The Morgan fingerprint density at radius 3 is 2.67 bits per heavy atom. The van der Waals surface area contributed by atoms with Gasteiger partial charge in [-0.1, -0.05) is 13.8 Å². The zero-order chi connectivity index (χ0) is 12.7. The van der Waals surface area contributed by atoms with Gasteiger partial charge in [0.15, 0.2) is 5.96 Å². The van der Waals surface area contributed by atoms with Crippen LogP contribution in [0.15, 0.2) is 4.99 Å². The predicted molar refractivity (Wildman–Crippen MR) is 91.1 cm³/mol. The number of nitrogens with one attached hydrogen (secondary N) is 2. The van der Waals surface area contributed by atoms with Gasteiger partial charge in [0.1, 0.15) is 0 Å². The van der Waals surface area contributed by atoms with Crippen molar-refractivity contribution in [3.63, 3.8) is 0 Å². The highest BCUT2D eigenvalue weighted by molar-refractivity contribution is 14.0. The highest BCUT2D eigenvalue weighted by Gasteiger charge is 2.31. The molecule has 0 spiro atoms. The molecule has 1 rings (SSSR count). The quantitative estimate of drug-likeness (QED) is 0.382. The van der Waals surface area contributed by atoms with E-state index in [1.807, 2.05) is 6.92 Å². The number of thioether (sulfide) groups is 1. The van der Waals surface area contributed by atoms with Crippen LogP contribution in [0.5, 0.6) is 0 Å². The third-order valence-corrected chi connectivity index (χ3v) is 3.87. The standard InChI is InChI=1S/C12H25N3OS.HI/c1-4-13-11(14-7-10(2)3)15-8-12(16)5-6-17-9-12;/h10,16H,4-9H2,1-3H3,(H2,13,14,15);1H. The first-order chi connectivity index (χ1) is 8.06. The van der Waals surface area contributed by atoms with Crippen molar-refractivity contribution >= 4 is 41.7 Å². The number of guanidine groups is 1. The lowest BCUT2D eigenvalue weighted by Gasteiger charge is -2.20. The van der Waals surface area contributed by atoms with E-state index in [4.69, 9.17) is 0 Å². The number of hydrogen-bond acceptors (Lipinski definition) is 3. The number of hydrogen-bond donors (Lipinski definition) is 3. The molecule has 1 unspecified atom stereocenters.